The topological polar surface area (TPSA) is 121 Å². The number of nitrogen functional groups attached to an aromatic ring is 1. The van der Waals surface area contributed by atoms with Crippen LogP contribution >= 0.6 is 11.3 Å². The highest BCUT2D eigenvalue weighted by Crippen LogP contribution is 2.19. The Balaban J connectivity index is 1.48. The van der Waals surface area contributed by atoms with Crippen molar-refractivity contribution in [1.29, 1.82) is 0 Å². The number of nitrogens with zero attached hydrogens (tertiary/aromatic N) is 3. The minimum Gasteiger partial charge on any atom is -0.387 e. The van der Waals surface area contributed by atoms with Crippen LogP contribution in [0.25, 0.3) is 0 Å². The van der Waals surface area contributed by atoms with Gasteiger partial charge in [0.05, 0.1) is 29.2 Å². The minimum atomic E-state index is -0.556. The van der Waals surface area contributed by atoms with Crippen LogP contribution in [0.2, 0.25) is 0 Å². The number of nitrogens with one attached hydrogen (secondary N) is 1. The van der Waals surface area contributed by atoms with E-state index >= 15 is 0 Å². The quantitative estimate of drug-likeness (QED) is 0.261. The van der Waals surface area contributed by atoms with Crippen molar-refractivity contribution in [3.05, 3.63) is 81.7 Å². The number of carbonyl (C=O) groups is 1. The second kappa shape index (κ2) is 10.6. The van der Waals surface area contributed by atoms with E-state index < -0.39 is 12.0 Å². The molecule has 0 aliphatic heterocycles. The number of aliphatic hydroxyl groups excluding tert-OH is 1. The number of carbonyl (C=O) groups excluding carboxylic acids is 1. The van der Waals surface area contributed by atoms with Crippen LogP contribution in [0, 0.1) is 4.91 Å². The second-order valence-electron chi connectivity index (χ2n) is 6.69. The maximum atomic E-state index is 12.4. The van der Waals surface area contributed by atoms with Gasteiger partial charge < -0.3 is 16.2 Å². The van der Waals surface area contributed by atoms with E-state index in [2.05, 4.69) is 15.6 Å². The lowest BCUT2D eigenvalue weighted by Crippen LogP contribution is -2.26. The van der Waals surface area contributed by atoms with E-state index in [1.807, 2.05) is 42.5 Å². The first-order chi connectivity index (χ1) is 14.6. The van der Waals surface area contributed by atoms with Gasteiger partial charge in [0, 0.05) is 11.9 Å². The van der Waals surface area contributed by atoms with Gasteiger partial charge in [0.15, 0.2) is 5.13 Å². The Morgan fingerprint density at radius 2 is 1.93 bits per heavy atom. The third-order valence-corrected chi connectivity index (χ3v) is 5.24. The summed E-state index contributed by atoms with van der Waals surface area (Å²) in [6.07, 6.45) is 0.136. The van der Waals surface area contributed by atoms with Gasteiger partial charge in [-0.3, -0.25) is 4.79 Å². The van der Waals surface area contributed by atoms with E-state index in [-0.39, 0.29) is 6.42 Å². The Labute approximate surface area is 178 Å². The van der Waals surface area contributed by atoms with Gasteiger partial charge in [0.2, 0.25) is 0 Å². The predicted molar refractivity (Wildman–Crippen MR) is 118 cm³/mol. The molecule has 0 saturated heterocycles. The fourth-order valence-electron chi connectivity index (χ4n) is 2.94. The van der Waals surface area contributed by atoms with Crippen LogP contribution in [-0.2, 0) is 17.6 Å². The molecule has 1 amide bonds. The largest absolute Gasteiger partial charge is 0.387 e. The summed E-state index contributed by atoms with van der Waals surface area (Å²) in [4.78, 5) is 27.6. The first-order valence-electron chi connectivity index (χ1n) is 9.45. The monoisotopic (exact) mass is 425 g/mol. The molecule has 2 aromatic carbocycles. The summed E-state index contributed by atoms with van der Waals surface area (Å²) >= 11 is 1.24. The predicted octanol–water partition coefficient (Wildman–Crippen LogP) is 2.85. The van der Waals surface area contributed by atoms with Crippen LogP contribution in [-0.4, -0.2) is 29.1 Å². The summed E-state index contributed by atoms with van der Waals surface area (Å²) in [5, 5.41) is 19.1. The molecule has 3 aromatic rings. The lowest BCUT2D eigenvalue weighted by molar-refractivity contribution is -0.118. The van der Waals surface area contributed by atoms with Gasteiger partial charge in [-0.1, -0.05) is 42.5 Å². The number of anilines is 2. The van der Waals surface area contributed by atoms with E-state index in [0.29, 0.717) is 29.6 Å². The van der Waals surface area contributed by atoms with Crippen LogP contribution in [0.4, 0.5) is 10.8 Å². The number of nitroso groups, excluding NO2 is 1. The molecular weight excluding hydrogens is 402 g/mol. The van der Waals surface area contributed by atoms with Crippen LogP contribution < -0.4 is 16.1 Å². The lowest BCUT2D eigenvalue weighted by Gasteiger charge is -2.14. The van der Waals surface area contributed by atoms with Crippen molar-refractivity contribution >= 4 is 28.1 Å². The van der Waals surface area contributed by atoms with Crippen LogP contribution in [0.15, 0.2) is 65.3 Å². The highest BCUT2D eigenvalue weighted by molar-refractivity contribution is 7.13. The molecule has 0 fully saturated rings. The average molecular weight is 426 g/mol. The molecule has 156 valence electrons. The molecule has 3 rings (SSSR count). The van der Waals surface area contributed by atoms with Crippen molar-refractivity contribution < 1.29 is 9.90 Å². The summed E-state index contributed by atoms with van der Waals surface area (Å²) in [5.74, 6) is -0.473. The van der Waals surface area contributed by atoms with Crippen molar-refractivity contribution in [3.63, 3.8) is 0 Å². The Bertz CT molecular complexity index is 962. The van der Waals surface area contributed by atoms with Gasteiger partial charge in [-0.15, -0.1) is 16.2 Å². The van der Waals surface area contributed by atoms with Gasteiger partial charge >= 0.3 is 0 Å². The van der Waals surface area contributed by atoms with Gasteiger partial charge in [-0.05, 0) is 36.2 Å². The Kier molecular flexibility index (Phi) is 7.61. The van der Waals surface area contributed by atoms with Crippen molar-refractivity contribution in [3.8, 4) is 0 Å². The first kappa shape index (κ1) is 21.6. The maximum Gasteiger partial charge on any atom is 0.256 e. The molecular formula is C21H23N5O3S. The van der Waals surface area contributed by atoms with Crippen molar-refractivity contribution in [2.75, 3.05) is 23.8 Å². The smallest absolute Gasteiger partial charge is 0.256 e. The zero-order valence-corrected chi connectivity index (χ0v) is 17.1. The molecule has 0 saturated carbocycles. The molecule has 1 aromatic heterocycles. The van der Waals surface area contributed by atoms with E-state index in [0.717, 1.165) is 22.6 Å². The minimum absolute atomic E-state index is 0.0468. The summed E-state index contributed by atoms with van der Waals surface area (Å²) in [5.41, 5.74) is 8.38. The number of aromatic nitrogens is 1. The molecule has 0 aliphatic carbocycles. The van der Waals surface area contributed by atoms with E-state index in [9.17, 15) is 14.8 Å². The Morgan fingerprint density at radius 1 is 1.20 bits per heavy atom. The van der Waals surface area contributed by atoms with E-state index in [1.54, 1.807) is 17.5 Å². The summed E-state index contributed by atoms with van der Waals surface area (Å²) in [7, 11) is 0. The number of hydrogen-bond donors (Lipinski definition) is 3. The van der Waals surface area contributed by atoms with E-state index in [4.69, 9.17) is 5.73 Å². The fourth-order valence-corrected chi connectivity index (χ4v) is 3.50. The number of benzene rings is 2. The number of nitrogens with two attached hydrogens (primary N) is 1. The summed E-state index contributed by atoms with van der Waals surface area (Å²) in [6, 6.07) is 16.5. The number of rotatable bonds is 10. The van der Waals surface area contributed by atoms with Crippen molar-refractivity contribution in [1.82, 2.24) is 10.3 Å². The molecule has 0 aliphatic rings. The molecule has 30 heavy (non-hydrogen) atoms. The molecule has 0 spiro atoms. The number of thiazole rings is 1. The first-order valence-corrected chi connectivity index (χ1v) is 10.3. The molecule has 0 radical (unpaired) electrons. The van der Waals surface area contributed by atoms with Crippen LogP contribution in [0.5, 0.6) is 0 Å². The molecule has 1 unspecified atom stereocenters. The Hall–Kier alpha value is -3.14. The zero-order valence-electron chi connectivity index (χ0n) is 16.3. The van der Waals surface area contributed by atoms with Crippen LogP contribution in [0.3, 0.4) is 0 Å². The van der Waals surface area contributed by atoms with Gasteiger partial charge in [0.25, 0.3) is 5.91 Å². The molecule has 8 nitrogen and oxygen atoms in total. The normalized spacial score (nSPS) is 11.8. The average Bonchev–Trinajstić information content (AvgIpc) is 3.17. The SMILES string of the molecule is Nc1nc(CC(=O)N(N=O)c2ccc(CCNCC(O)c3ccccc3)cc2)cs1. The highest BCUT2D eigenvalue weighted by atomic mass is 32.1. The second-order valence-corrected chi connectivity index (χ2v) is 7.58. The van der Waals surface area contributed by atoms with Crippen LogP contribution in [0.1, 0.15) is 22.9 Å². The van der Waals surface area contributed by atoms with Crippen molar-refractivity contribution in [2.24, 2.45) is 5.29 Å². The third-order valence-electron chi connectivity index (χ3n) is 4.51. The number of hydrogen-bond acceptors (Lipinski definition) is 8. The van der Waals surface area contributed by atoms with Gasteiger partial charge in [-0.2, -0.15) is 5.01 Å². The van der Waals surface area contributed by atoms with E-state index in [1.165, 1.54) is 11.3 Å². The third kappa shape index (κ3) is 5.93. The molecule has 9 heteroatoms. The highest BCUT2D eigenvalue weighted by Gasteiger charge is 2.18. The van der Waals surface area contributed by atoms with Crippen molar-refractivity contribution in [2.45, 2.75) is 18.9 Å². The standard InChI is InChI=1S/C21H23N5O3S/c22-21-24-17(14-30-21)12-20(28)26(25-29)18-8-6-15(7-9-18)10-11-23-13-19(27)16-4-2-1-3-5-16/h1-9,14,19,23,27H,10-13H2,(H2,22,24). The van der Waals surface area contributed by atoms with Gasteiger partial charge in [-0.25, -0.2) is 4.98 Å². The fraction of sp³-hybridized carbons (Fsp3) is 0.238. The molecule has 0 bridgehead atoms. The molecule has 1 atom stereocenters. The Morgan fingerprint density at radius 3 is 2.57 bits per heavy atom. The lowest BCUT2D eigenvalue weighted by atomic mass is 10.1. The number of amides is 1. The molecule has 4 N–H and O–H groups in total. The summed E-state index contributed by atoms with van der Waals surface area (Å²) in [6.45, 7) is 1.14. The maximum absolute atomic E-state index is 12.4. The number of aliphatic hydroxyl groups is 1. The zero-order chi connectivity index (χ0) is 21.3. The summed E-state index contributed by atoms with van der Waals surface area (Å²) < 4.78 is 0. The van der Waals surface area contributed by atoms with Gasteiger partial charge in [0.1, 0.15) is 0 Å². The molecule has 1 heterocycles.